The number of likely N-dealkylation sites (N-methyl/N-ethyl adjacent to an activating group) is 1. The number of nitrogens with zero attached hydrogens (tertiary/aromatic N) is 1. The second kappa shape index (κ2) is 5.64. The van der Waals surface area contributed by atoms with Crippen molar-refractivity contribution in [2.24, 2.45) is 5.92 Å². The molecule has 0 aromatic heterocycles. The zero-order chi connectivity index (χ0) is 11.4. The van der Waals surface area contributed by atoms with Crippen LogP contribution in [0.1, 0.15) is 25.7 Å². The van der Waals surface area contributed by atoms with Crippen LogP contribution in [-0.2, 0) is 9.53 Å². The average Bonchev–Trinajstić information content (AvgIpc) is 2.82. The Morgan fingerprint density at radius 3 is 2.81 bits per heavy atom. The van der Waals surface area contributed by atoms with Crippen molar-refractivity contribution in [3.8, 4) is 0 Å². The van der Waals surface area contributed by atoms with Crippen molar-refractivity contribution >= 4 is 5.91 Å². The van der Waals surface area contributed by atoms with Crippen molar-refractivity contribution in [1.82, 2.24) is 10.2 Å². The van der Waals surface area contributed by atoms with E-state index >= 15 is 0 Å². The molecule has 4 nitrogen and oxygen atoms in total. The molecule has 2 rings (SSSR count). The maximum Gasteiger partial charge on any atom is 0.252 e. The Bertz CT molecular complexity index is 233. The molecule has 0 aromatic rings. The number of hydrogen-bond donors (Lipinski definition) is 1. The molecule has 0 aromatic carbocycles. The lowest BCUT2D eigenvalue weighted by atomic mass is 10.1. The fraction of sp³-hybridized carbons (Fsp3) is 0.917. The number of nitrogens with one attached hydrogen (secondary N) is 1. The third-order valence-corrected chi connectivity index (χ3v) is 3.59. The van der Waals surface area contributed by atoms with Crippen LogP contribution in [-0.4, -0.2) is 50.2 Å². The number of morpholine rings is 1. The molecule has 1 saturated carbocycles. The summed E-state index contributed by atoms with van der Waals surface area (Å²) in [6.07, 6.45) is 4.95. The predicted molar refractivity (Wildman–Crippen MR) is 62.2 cm³/mol. The molecule has 16 heavy (non-hydrogen) atoms. The van der Waals surface area contributed by atoms with Crippen LogP contribution < -0.4 is 5.32 Å². The van der Waals surface area contributed by atoms with Gasteiger partial charge in [-0.2, -0.15) is 0 Å². The van der Waals surface area contributed by atoms with Crippen LogP contribution in [0.4, 0.5) is 0 Å². The van der Waals surface area contributed by atoms with Crippen LogP contribution >= 0.6 is 0 Å². The molecule has 1 unspecified atom stereocenters. The van der Waals surface area contributed by atoms with E-state index < -0.39 is 0 Å². The highest BCUT2D eigenvalue weighted by Crippen LogP contribution is 2.25. The zero-order valence-electron chi connectivity index (χ0n) is 10.1. The molecule has 4 heteroatoms. The van der Waals surface area contributed by atoms with Crippen LogP contribution in [0.15, 0.2) is 0 Å². The first-order valence-electron chi connectivity index (χ1n) is 6.34. The SMILES string of the molecule is CN(CC1CCCC1)C(=O)C1CNCCO1. The maximum atomic E-state index is 12.0. The summed E-state index contributed by atoms with van der Waals surface area (Å²) in [6.45, 7) is 3.07. The summed E-state index contributed by atoms with van der Waals surface area (Å²) in [5.41, 5.74) is 0. The highest BCUT2D eigenvalue weighted by Gasteiger charge is 2.27. The topological polar surface area (TPSA) is 41.6 Å². The van der Waals surface area contributed by atoms with Crippen LogP contribution in [0.2, 0.25) is 0 Å². The van der Waals surface area contributed by atoms with Crippen molar-refractivity contribution in [2.45, 2.75) is 31.8 Å². The number of carbonyl (C=O) groups is 1. The Balaban J connectivity index is 1.78. The first-order chi connectivity index (χ1) is 7.77. The average molecular weight is 226 g/mol. The molecule has 1 amide bonds. The van der Waals surface area contributed by atoms with E-state index in [1.54, 1.807) is 0 Å². The first-order valence-corrected chi connectivity index (χ1v) is 6.34. The fourth-order valence-electron chi connectivity index (χ4n) is 2.64. The molecule has 0 bridgehead atoms. The van der Waals surface area contributed by atoms with Crippen molar-refractivity contribution < 1.29 is 9.53 Å². The molecule has 1 heterocycles. The van der Waals surface area contributed by atoms with E-state index in [4.69, 9.17) is 4.74 Å². The van der Waals surface area contributed by atoms with Gasteiger partial charge in [-0.25, -0.2) is 0 Å². The van der Waals surface area contributed by atoms with E-state index in [-0.39, 0.29) is 12.0 Å². The number of hydrogen-bond acceptors (Lipinski definition) is 3. The van der Waals surface area contributed by atoms with Crippen LogP contribution in [0.3, 0.4) is 0 Å². The van der Waals surface area contributed by atoms with Gasteiger partial charge in [-0.3, -0.25) is 4.79 Å². The Kier molecular flexibility index (Phi) is 4.18. The third-order valence-electron chi connectivity index (χ3n) is 3.59. The van der Waals surface area contributed by atoms with E-state index in [1.807, 2.05) is 11.9 Å². The van der Waals surface area contributed by atoms with Gasteiger partial charge in [0.1, 0.15) is 6.10 Å². The number of carbonyl (C=O) groups excluding carboxylic acids is 1. The highest BCUT2D eigenvalue weighted by atomic mass is 16.5. The second-order valence-corrected chi connectivity index (χ2v) is 4.93. The van der Waals surface area contributed by atoms with Gasteiger partial charge in [-0.05, 0) is 18.8 Å². The van der Waals surface area contributed by atoms with Gasteiger partial charge in [0, 0.05) is 26.7 Å². The van der Waals surface area contributed by atoms with Crippen LogP contribution in [0.5, 0.6) is 0 Å². The van der Waals surface area contributed by atoms with Gasteiger partial charge in [-0.15, -0.1) is 0 Å². The van der Waals surface area contributed by atoms with E-state index in [1.165, 1.54) is 25.7 Å². The smallest absolute Gasteiger partial charge is 0.252 e. The first kappa shape index (κ1) is 11.9. The summed E-state index contributed by atoms with van der Waals surface area (Å²) in [5, 5.41) is 3.19. The predicted octanol–water partition coefficient (Wildman–Crippen LogP) is 0.623. The highest BCUT2D eigenvalue weighted by molar-refractivity contribution is 5.81. The summed E-state index contributed by atoms with van der Waals surface area (Å²) < 4.78 is 5.47. The van der Waals surface area contributed by atoms with E-state index in [2.05, 4.69) is 5.32 Å². The van der Waals surface area contributed by atoms with Gasteiger partial charge in [0.25, 0.3) is 5.91 Å². The molecule has 2 fully saturated rings. The molecule has 1 aliphatic heterocycles. The van der Waals surface area contributed by atoms with Crippen molar-refractivity contribution in [2.75, 3.05) is 33.3 Å². The van der Waals surface area contributed by atoms with E-state index in [9.17, 15) is 4.79 Å². The third kappa shape index (κ3) is 2.95. The molecular formula is C12H22N2O2. The van der Waals surface area contributed by atoms with E-state index in [0.717, 1.165) is 13.1 Å². The van der Waals surface area contributed by atoms with Crippen molar-refractivity contribution in [3.05, 3.63) is 0 Å². The van der Waals surface area contributed by atoms with Gasteiger partial charge in [0.15, 0.2) is 0 Å². The minimum Gasteiger partial charge on any atom is -0.366 e. The summed E-state index contributed by atoms with van der Waals surface area (Å²) in [6, 6.07) is 0. The second-order valence-electron chi connectivity index (χ2n) is 4.93. The van der Waals surface area contributed by atoms with Crippen molar-refractivity contribution in [1.29, 1.82) is 0 Å². The van der Waals surface area contributed by atoms with Gasteiger partial charge in [-0.1, -0.05) is 12.8 Å². The standard InChI is InChI=1S/C12H22N2O2/c1-14(9-10-4-2-3-5-10)12(15)11-8-13-6-7-16-11/h10-11,13H,2-9H2,1H3. The Hall–Kier alpha value is -0.610. The minimum absolute atomic E-state index is 0.138. The van der Waals surface area contributed by atoms with Crippen LogP contribution in [0.25, 0.3) is 0 Å². The van der Waals surface area contributed by atoms with E-state index in [0.29, 0.717) is 19.1 Å². The lowest BCUT2D eigenvalue weighted by Crippen LogP contribution is -2.49. The minimum atomic E-state index is -0.264. The molecule has 1 saturated heterocycles. The van der Waals surface area contributed by atoms with Gasteiger partial charge in [0.05, 0.1) is 6.61 Å². The quantitative estimate of drug-likeness (QED) is 0.767. The number of amides is 1. The zero-order valence-corrected chi connectivity index (χ0v) is 10.1. The normalized spacial score (nSPS) is 26.9. The van der Waals surface area contributed by atoms with Gasteiger partial charge < -0.3 is 15.0 Å². The number of ether oxygens (including phenoxy) is 1. The Morgan fingerprint density at radius 2 is 2.19 bits per heavy atom. The van der Waals surface area contributed by atoms with Crippen LogP contribution in [0, 0.1) is 5.92 Å². The molecule has 0 spiro atoms. The molecule has 0 radical (unpaired) electrons. The summed E-state index contributed by atoms with van der Waals surface area (Å²) in [7, 11) is 1.90. The fourth-order valence-corrected chi connectivity index (χ4v) is 2.64. The maximum absolute atomic E-state index is 12.0. The lowest BCUT2D eigenvalue weighted by Gasteiger charge is -2.28. The Labute approximate surface area is 97.3 Å². The molecule has 92 valence electrons. The van der Waals surface area contributed by atoms with Gasteiger partial charge >= 0.3 is 0 Å². The molecule has 2 aliphatic rings. The Morgan fingerprint density at radius 1 is 1.44 bits per heavy atom. The molecule has 1 atom stereocenters. The summed E-state index contributed by atoms with van der Waals surface area (Å²) in [5.74, 6) is 0.851. The molecule has 1 N–H and O–H groups in total. The lowest BCUT2D eigenvalue weighted by molar-refractivity contribution is -0.144. The van der Waals surface area contributed by atoms with Crippen molar-refractivity contribution in [3.63, 3.8) is 0 Å². The molecule has 1 aliphatic carbocycles. The largest absolute Gasteiger partial charge is 0.366 e. The molecular weight excluding hydrogens is 204 g/mol. The summed E-state index contributed by atoms with van der Waals surface area (Å²) >= 11 is 0. The summed E-state index contributed by atoms with van der Waals surface area (Å²) in [4.78, 5) is 13.9. The monoisotopic (exact) mass is 226 g/mol. The number of rotatable bonds is 3. The van der Waals surface area contributed by atoms with Gasteiger partial charge in [0.2, 0.25) is 0 Å².